The summed E-state index contributed by atoms with van der Waals surface area (Å²) in [6.07, 6.45) is 0. The van der Waals surface area contributed by atoms with Crippen LogP contribution in [0.2, 0.25) is 0 Å². The van der Waals surface area contributed by atoms with Gasteiger partial charge in [0.25, 0.3) is 0 Å². The van der Waals surface area contributed by atoms with Crippen molar-refractivity contribution in [2.45, 2.75) is 13.0 Å². The molecule has 1 fully saturated rings. The summed E-state index contributed by atoms with van der Waals surface area (Å²) in [4.78, 5) is 10.5. The van der Waals surface area contributed by atoms with E-state index in [1.807, 2.05) is 6.92 Å². The Labute approximate surface area is 48.2 Å². The van der Waals surface area contributed by atoms with E-state index in [9.17, 15) is 4.79 Å². The van der Waals surface area contributed by atoms with Gasteiger partial charge in [-0.2, -0.15) is 0 Å². The van der Waals surface area contributed by atoms with E-state index in [2.05, 4.69) is 5.32 Å². The van der Waals surface area contributed by atoms with Gasteiger partial charge >= 0.3 is 0 Å². The predicted octanol–water partition coefficient (Wildman–Crippen LogP) is -0.920. The molecule has 1 aliphatic rings. The molecular weight excluding hydrogens is 104 g/mol. The van der Waals surface area contributed by atoms with Gasteiger partial charge in [0.2, 0.25) is 5.91 Å². The summed E-state index contributed by atoms with van der Waals surface area (Å²) in [5.41, 5.74) is 5.41. The Morgan fingerprint density at radius 2 is 2.50 bits per heavy atom. The van der Waals surface area contributed by atoms with Crippen molar-refractivity contribution < 1.29 is 4.79 Å². The summed E-state index contributed by atoms with van der Waals surface area (Å²) < 4.78 is 0. The molecule has 1 amide bonds. The van der Waals surface area contributed by atoms with E-state index in [1.54, 1.807) is 0 Å². The first-order chi connectivity index (χ1) is 3.72. The Morgan fingerprint density at radius 1 is 1.88 bits per heavy atom. The summed E-state index contributed by atoms with van der Waals surface area (Å²) in [7, 11) is 0. The van der Waals surface area contributed by atoms with Gasteiger partial charge in [-0.3, -0.25) is 4.79 Å². The quantitative estimate of drug-likeness (QED) is 0.428. The molecule has 0 aromatic rings. The molecular formula is C5H10N2O. The maximum absolute atomic E-state index is 10.5. The van der Waals surface area contributed by atoms with Crippen molar-refractivity contribution in [1.29, 1.82) is 0 Å². The molecule has 3 nitrogen and oxygen atoms in total. The van der Waals surface area contributed by atoms with Crippen molar-refractivity contribution in [3.63, 3.8) is 0 Å². The number of nitrogens with two attached hydrogens (primary N) is 1. The number of hydrogen-bond acceptors (Lipinski definition) is 2. The highest BCUT2D eigenvalue weighted by molar-refractivity contribution is 5.83. The molecule has 3 N–H and O–H groups in total. The highest BCUT2D eigenvalue weighted by Gasteiger charge is 2.26. The minimum Gasteiger partial charge on any atom is -0.354 e. The van der Waals surface area contributed by atoms with Crippen LogP contribution < -0.4 is 11.1 Å². The average molecular weight is 114 g/mol. The molecule has 0 aliphatic carbocycles. The van der Waals surface area contributed by atoms with Gasteiger partial charge in [-0.15, -0.1) is 0 Å². The van der Waals surface area contributed by atoms with E-state index in [1.165, 1.54) is 0 Å². The minimum absolute atomic E-state index is 0.0162. The molecule has 2 atom stereocenters. The van der Waals surface area contributed by atoms with E-state index in [0.29, 0.717) is 5.92 Å². The number of carbonyl (C=O) groups excluding carboxylic acids is 1. The summed E-state index contributed by atoms with van der Waals surface area (Å²) in [5.74, 6) is 0.292. The summed E-state index contributed by atoms with van der Waals surface area (Å²) >= 11 is 0. The lowest BCUT2D eigenvalue weighted by molar-refractivity contribution is -0.120. The van der Waals surface area contributed by atoms with Gasteiger partial charge in [-0.1, -0.05) is 6.92 Å². The third kappa shape index (κ3) is 0.690. The van der Waals surface area contributed by atoms with Crippen LogP contribution in [0.1, 0.15) is 6.92 Å². The third-order valence-electron chi connectivity index (χ3n) is 1.51. The molecule has 1 saturated heterocycles. The first kappa shape index (κ1) is 5.56. The van der Waals surface area contributed by atoms with Gasteiger partial charge in [0.05, 0.1) is 6.04 Å². The standard InChI is InChI=1S/C5H10N2O/c1-3-2-7-5(8)4(3)6/h3-4H,2,6H2,1H3,(H,7,8)/t3-,4-/m1/s1. The van der Waals surface area contributed by atoms with Crippen molar-refractivity contribution in [1.82, 2.24) is 5.32 Å². The molecule has 1 aliphatic heterocycles. The Balaban J connectivity index is 2.56. The van der Waals surface area contributed by atoms with Crippen molar-refractivity contribution in [3.8, 4) is 0 Å². The van der Waals surface area contributed by atoms with Crippen molar-refractivity contribution >= 4 is 5.91 Å². The van der Waals surface area contributed by atoms with Crippen LogP contribution in [0.4, 0.5) is 0 Å². The van der Waals surface area contributed by atoms with Crippen LogP contribution in [0.3, 0.4) is 0 Å². The van der Waals surface area contributed by atoms with Crippen molar-refractivity contribution in [3.05, 3.63) is 0 Å². The maximum atomic E-state index is 10.5. The van der Waals surface area contributed by atoms with E-state index < -0.39 is 0 Å². The SMILES string of the molecule is C[C@@H]1CNC(=O)[C@@H]1N. The highest BCUT2D eigenvalue weighted by atomic mass is 16.2. The van der Waals surface area contributed by atoms with Crippen LogP contribution in [-0.4, -0.2) is 18.5 Å². The zero-order valence-electron chi connectivity index (χ0n) is 4.85. The van der Waals surface area contributed by atoms with Gasteiger partial charge in [0.1, 0.15) is 0 Å². The molecule has 0 bridgehead atoms. The first-order valence-corrected chi connectivity index (χ1v) is 2.75. The molecule has 8 heavy (non-hydrogen) atoms. The van der Waals surface area contributed by atoms with Crippen LogP contribution >= 0.6 is 0 Å². The Hall–Kier alpha value is -0.570. The molecule has 0 saturated carbocycles. The van der Waals surface area contributed by atoms with Gasteiger partial charge in [-0.25, -0.2) is 0 Å². The Morgan fingerprint density at radius 3 is 2.62 bits per heavy atom. The van der Waals surface area contributed by atoms with Gasteiger partial charge < -0.3 is 11.1 Å². The number of nitrogens with one attached hydrogen (secondary N) is 1. The number of hydrogen-bond donors (Lipinski definition) is 2. The Kier molecular flexibility index (Phi) is 1.21. The van der Waals surface area contributed by atoms with Crippen LogP contribution in [-0.2, 0) is 4.79 Å². The highest BCUT2D eigenvalue weighted by Crippen LogP contribution is 2.04. The molecule has 3 heteroatoms. The van der Waals surface area contributed by atoms with Crippen molar-refractivity contribution in [2.75, 3.05) is 6.54 Å². The van der Waals surface area contributed by atoms with Crippen LogP contribution in [0.25, 0.3) is 0 Å². The lowest BCUT2D eigenvalue weighted by Crippen LogP contribution is -2.32. The summed E-state index contributed by atoms with van der Waals surface area (Å²) in [6.45, 7) is 2.70. The second-order valence-corrected chi connectivity index (χ2v) is 2.25. The zero-order chi connectivity index (χ0) is 6.15. The molecule has 0 spiro atoms. The topological polar surface area (TPSA) is 55.1 Å². The van der Waals surface area contributed by atoms with E-state index in [-0.39, 0.29) is 11.9 Å². The monoisotopic (exact) mass is 114 g/mol. The Bertz CT molecular complexity index is 113. The van der Waals surface area contributed by atoms with E-state index in [0.717, 1.165) is 6.54 Å². The molecule has 1 heterocycles. The van der Waals surface area contributed by atoms with Crippen LogP contribution in [0.15, 0.2) is 0 Å². The molecule has 46 valence electrons. The van der Waals surface area contributed by atoms with Crippen LogP contribution in [0, 0.1) is 5.92 Å². The zero-order valence-corrected chi connectivity index (χ0v) is 4.85. The lowest BCUT2D eigenvalue weighted by Gasteiger charge is -2.01. The molecule has 0 radical (unpaired) electrons. The fourth-order valence-electron chi connectivity index (χ4n) is 0.765. The fourth-order valence-corrected chi connectivity index (χ4v) is 0.765. The molecule has 0 aromatic carbocycles. The molecule has 0 aromatic heterocycles. The average Bonchev–Trinajstić information content (AvgIpc) is 1.98. The normalized spacial score (nSPS) is 37.5. The molecule has 1 rings (SSSR count). The second kappa shape index (κ2) is 1.74. The van der Waals surface area contributed by atoms with Crippen molar-refractivity contribution in [2.24, 2.45) is 11.7 Å². The summed E-state index contributed by atoms with van der Waals surface area (Å²) in [5, 5.41) is 2.66. The molecule has 0 unspecified atom stereocenters. The second-order valence-electron chi connectivity index (χ2n) is 2.25. The maximum Gasteiger partial charge on any atom is 0.237 e. The van der Waals surface area contributed by atoms with Gasteiger partial charge in [0.15, 0.2) is 0 Å². The number of amides is 1. The van der Waals surface area contributed by atoms with E-state index >= 15 is 0 Å². The largest absolute Gasteiger partial charge is 0.354 e. The predicted molar refractivity (Wildman–Crippen MR) is 30.1 cm³/mol. The van der Waals surface area contributed by atoms with Gasteiger partial charge in [0, 0.05) is 6.54 Å². The first-order valence-electron chi connectivity index (χ1n) is 2.75. The lowest BCUT2D eigenvalue weighted by atomic mass is 10.1. The third-order valence-corrected chi connectivity index (χ3v) is 1.51. The fraction of sp³-hybridized carbons (Fsp3) is 0.800. The summed E-state index contributed by atoms with van der Waals surface area (Å²) in [6, 6.07) is -0.269. The number of rotatable bonds is 0. The van der Waals surface area contributed by atoms with E-state index in [4.69, 9.17) is 5.73 Å². The van der Waals surface area contributed by atoms with Crippen LogP contribution in [0.5, 0.6) is 0 Å². The minimum atomic E-state index is -0.269. The van der Waals surface area contributed by atoms with Gasteiger partial charge in [-0.05, 0) is 5.92 Å². The number of carbonyl (C=O) groups is 1. The smallest absolute Gasteiger partial charge is 0.237 e.